The first kappa shape index (κ1) is 18.5. The first-order valence-electron chi connectivity index (χ1n) is 7.41. The second kappa shape index (κ2) is 7.61. The highest BCUT2D eigenvalue weighted by molar-refractivity contribution is 5.97. The van der Waals surface area contributed by atoms with E-state index >= 15 is 0 Å². The molecule has 2 amide bonds. The quantitative estimate of drug-likeness (QED) is 0.750. The lowest BCUT2D eigenvalue weighted by molar-refractivity contribution is -0.115. The maximum absolute atomic E-state index is 12.4. The Morgan fingerprint density at radius 1 is 1.36 bits per heavy atom. The molecule has 0 aromatic heterocycles. The molecule has 4 N–H and O–H groups in total. The lowest BCUT2D eigenvalue weighted by Crippen LogP contribution is -2.53. The molecule has 1 aliphatic carbocycles. The van der Waals surface area contributed by atoms with Gasteiger partial charge in [-0.15, -0.1) is 12.4 Å². The molecule has 0 spiro atoms. The van der Waals surface area contributed by atoms with Gasteiger partial charge < -0.3 is 16.4 Å². The Morgan fingerprint density at radius 2 is 2.05 bits per heavy atom. The summed E-state index contributed by atoms with van der Waals surface area (Å²) in [6.45, 7) is 4.20. The minimum absolute atomic E-state index is 0. The average molecular weight is 326 g/mol. The van der Waals surface area contributed by atoms with Crippen LogP contribution in [0.25, 0.3) is 0 Å². The van der Waals surface area contributed by atoms with Crippen molar-refractivity contribution in [2.75, 3.05) is 11.9 Å². The number of carbonyl (C=O) groups is 2. The van der Waals surface area contributed by atoms with Gasteiger partial charge in [-0.1, -0.05) is 13.0 Å². The van der Waals surface area contributed by atoms with Gasteiger partial charge in [-0.3, -0.25) is 9.59 Å². The Kier molecular flexibility index (Phi) is 6.38. The van der Waals surface area contributed by atoms with Crippen molar-refractivity contribution < 1.29 is 9.59 Å². The van der Waals surface area contributed by atoms with Gasteiger partial charge in [0, 0.05) is 24.2 Å². The van der Waals surface area contributed by atoms with Crippen molar-refractivity contribution in [2.24, 2.45) is 11.7 Å². The third kappa shape index (κ3) is 4.45. The van der Waals surface area contributed by atoms with E-state index in [0.29, 0.717) is 30.1 Å². The van der Waals surface area contributed by atoms with Crippen LogP contribution in [0.2, 0.25) is 0 Å². The molecule has 1 atom stereocenters. The second-order valence-corrected chi connectivity index (χ2v) is 5.83. The number of benzene rings is 1. The van der Waals surface area contributed by atoms with E-state index in [2.05, 4.69) is 10.6 Å². The lowest BCUT2D eigenvalue weighted by atomic mass is 9.95. The molecule has 1 saturated carbocycles. The molecule has 22 heavy (non-hydrogen) atoms. The van der Waals surface area contributed by atoms with Crippen LogP contribution in [0, 0.1) is 5.92 Å². The van der Waals surface area contributed by atoms with Gasteiger partial charge in [0.25, 0.3) is 5.91 Å². The van der Waals surface area contributed by atoms with Crippen LogP contribution in [0.4, 0.5) is 5.69 Å². The third-order valence-electron chi connectivity index (χ3n) is 4.03. The highest BCUT2D eigenvalue weighted by Gasteiger charge is 2.41. The van der Waals surface area contributed by atoms with Crippen molar-refractivity contribution in [1.82, 2.24) is 5.32 Å². The summed E-state index contributed by atoms with van der Waals surface area (Å²) in [7, 11) is 0. The molecule has 0 radical (unpaired) electrons. The van der Waals surface area contributed by atoms with Gasteiger partial charge in [0.2, 0.25) is 5.91 Å². The van der Waals surface area contributed by atoms with Crippen molar-refractivity contribution in [2.45, 2.75) is 38.6 Å². The zero-order valence-corrected chi connectivity index (χ0v) is 13.8. The monoisotopic (exact) mass is 325 g/mol. The Bertz CT molecular complexity index is 546. The van der Waals surface area contributed by atoms with Crippen LogP contribution in [-0.4, -0.2) is 23.9 Å². The number of nitrogens with two attached hydrogens (primary N) is 1. The number of hydrogen-bond acceptors (Lipinski definition) is 3. The largest absolute Gasteiger partial charge is 0.345 e. The van der Waals surface area contributed by atoms with Gasteiger partial charge in [-0.2, -0.15) is 0 Å². The first-order valence-corrected chi connectivity index (χ1v) is 7.41. The summed E-state index contributed by atoms with van der Waals surface area (Å²) in [6.07, 6.45) is 2.63. The molecule has 0 bridgehead atoms. The Balaban J connectivity index is 0.00000242. The number of nitrogens with one attached hydrogen (secondary N) is 2. The number of carbonyl (C=O) groups excluding carboxylic acids is 2. The molecule has 1 aliphatic rings. The predicted molar refractivity (Wildman–Crippen MR) is 90.3 cm³/mol. The van der Waals surface area contributed by atoms with Crippen molar-refractivity contribution in [1.29, 1.82) is 0 Å². The molecule has 5 nitrogen and oxygen atoms in total. The lowest BCUT2D eigenvalue weighted by Gasteiger charge is -2.29. The molecule has 1 fully saturated rings. The van der Waals surface area contributed by atoms with E-state index in [1.54, 1.807) is 31.2 Å². The van der Waals surface area contributed by atoms with Gasteiger partial charge in [0.15, 0.2) is 0 Å². The SMILES string of the molecule is CCC(=O)Nc1cccc(C(=O)NC(C)(CN)C2CC2)c1.Cl. The van der Waals surface area contributed by atoms with E-state index in [-0.39, 0.29) is 29.8 Å². The van der Waals surface area contributed by atoms with E-state index in [1.807, 2.05) is 6.92 Å². The van der Waals surface area contributed by atoms with E-state index in [4.69, 9.17) is 5.73 Å². The summed E-state index contributed by atoms with van der Waals surface area (Å²) >= 11 is 0. The number of halogens is 1. The highest BCUT2D eigenvalue weighted by Crippen LogP contribution is 2.39. The molecule has 2 rings (SSSR count). The molecule has 0 aliphatic heterocycles. The van der Waals surface area contributed by atoms with Crippen LogP contribution in [-0.2, 0) is 4.79 Å². The average Bonchev–Trinajstić information content (AvgIpc) is 3.32. The number of rotatable bonds is 6. The zero-order valence-electron chi connectivity index (χ0n) is 13.0. The summed E-state index contributed by atoms with van der Waals surface area (Å²) in [5, 5.41) is 5.79. The van der Waals surface area contributed by atoms with E-state index in [1.165, 1.54) is 0 Å². The number of hydrogen-bond donors (Lipinski definition) is 3. The van der Waals surface area contributed by atoms with Crippen LogP contribution < -0.4 is 16.4 Å². The number of amides is 2. The van der Waals surface area contributed by atoms with Crippen molar-refractivity contribution in [3.8, 4) is 0 Å². The minimum Gasteiger partial charge on any atom is -0.345 e. The van der Waals surface area contributed by atoms with Gasteiger partial charge in [-0.25, -0.2) is 0 Å². The summed E-state index contributed by atoms with van der Waals surface area (Å²) in [6, 6.07) is 6.96. The fourth-order valence-corrected chi connectivity index (χ4v) is 2.36. The van der Waals surface area contributed by atoms with Gasteiger partial charge in [-0.05, 0) is 43.9 Å². The smallest absolute Gasteiger partial charge is 0.251 e. The highest BCUT2D eigenvalue weighted by atomic mass is 35.5. The molecule has 1 aromatic carbocycles. The maximum atomic E-state index is 12.4. The van der Waals surface area contributed by atoms with Crippen molar-refractivity contribution >= 4 is 29.9 Å². The molecule has 0 saturated heterocycles. The Morgan fingerprint density at radius 3 is 2.59 bits per heavy atom. The molecule has 6 heteroatoms. The molecule has 1 aromatic rings. The summed E-state index contributed by atoms with van der Waals surface area (Å²) in [5.74, 6) is 0.245. The third-order valence-corrected chi connectivity index (χ3v) is 4.03. The molecular formula is C16H24ClN3O2. The van der Waals surface area contributed by atoms with E-state index in [9.17, 15) is 9.59 Å². The Labute approximate surface area is 137 Å². The van der Waals surface area contributed by atoms with Gasteiger partial charge >= 0.3 is 0 Å². The van der Waals surface area contributed by atoms with Crippen LogP contribution >= 0.6 is 12.4 Å². The topological polar surface area (TPSA) is 84.2 Å². The van der Waals surface area contributed by atoms with Gasteiger partial charge in [0.1, 0.15) is 0 Å². The van der Waals surface area contributed by atoms with Crippen LogP contribution in [0.15, 0.2) is 24.3 Å². The van der Waals surface area contributed by atoms with E-state index < -0.39 is 0 Å². The fraction of sp³-hybridized carbons (Fsp3) is 0.500. The van der Waals surface area contributed by atoms with Crippen LogP contribution in [0.1, 0.15) is 43.5 Å². The van der Waals surface area contributed by atoms with Crippen LogP contribution in [0.3, 0.4) is 0 Å². The second-order valence-electron chi connectivity index (χ2n) is 5.83. The molecule has 1 unspecified atom stereocenters. The molecule has 0 heterocycles. The van der Waals surface area contributed by atoms with Crippen LogP contribution in [0.5, 0.6) is 0 Å². The standard InChI is InChI=1S/C16H23N3O2.ClH/c1-3-14(20)18-13-6-4-5-11(9-13)15(21)19-16(2,10-17)12-7-8-12;/h4-6,9,12H,3,7-8,10,17H2,1-2H3,(H,18,20)(H,19,21);1H. The van der Waals surface area contributed by atoms with Crippen molar-refractivity contribution in [3.63, 3.8) is 0 Å². The molecular weight excluding hydrogens is 302 g/mol. The summed E-state index contributed by atoms with van der Waals surface area (Å²) in [5.41, 5.74) is 6.64. The fourth-order valence-electron chi connectivity index (χ4n) is 2.36. The Hall–Kier alpha value is -1.59. The zero-order chi connectivity index (χ0) is 15.5. The van der Waals surface area contributed by atoms with E-state index in [0.717, 1.165) is 12.8 Å². The maximum Gasteiger partial charge on any atom is 0.251 e. The number of anilines is 1. The van der Waals surface area contributed by atoms with Crippen molar-refractivity contribution in [3.05, 3.63) is 29.8 Å². The minimum atomic E-state index is -0.347. The van der Waals surface area contributed by atoms with Gasteiger partial charge in [0.05, 0.1) is 5.54 Å². The summed E-state index contributed by atoms with van der Waals surface area (Å²) in [4.78, 5) is 23.8. The molecule has 122 valence electrons. The normalized spacial score (nSPS) is 16.1. The first-order chi connectivity index (χ1) is 9.98. The predicted octanol–water partition coefficient (Wildman–Crippen LogP) is 2.31. The summed E-state index contributed by atoms with van der Waals surface area (Å²) < 4.78 is 0.